The highest BCUT2D eigenvalue weighted by molar-refractivity contribution is 7.84. The summed E-state index contributed by atoms with van der Waals surface area (Å²) < 4.78 is 33.1. The molecule has 10 heteroatoms. The fraction of sp³-hybridized carbons (Fsp3) is 0.250. The Morgan fingerprint density at radius 2 is 1.93 bits per heavy atom. The van der Waals surface area contributed by atoms with Gasteiger partial charge < -0.3 is 14.2 Å². The van der Waals surface area contributed by atoms with Gasteiger partial charge in [-0.15, -0.1) is 0 Å². The molecule has 30 heavy (non-hydrogen) atoms. The molecule has 0 bridgehead atoms. The Balaban J connectivity index is 1.81. The lowest BCUT2D eigenvalue weighted by Crippen LogP contribution is -2.27. The van der Waals surface area contributed by atoms with Gasteiger partial charge in [0.15, 0.2) is 11.0 Å². The van der Waals surface area contributed by atoms with E-state index in [0.717, 1.165) is 5.56 Å². The highest BCUT2D eigenvalue weighted by Crippen LogP contribution is 2.31. The Hall–Kier alpha value is -3.40. The molecular weight excluding hydrogens is 408 g/mol. The maximum atomic E-state index is 12.9. The first-order valence-electron chi connectivity index (χ1n) is 9.11. The van der Waals surface area contributed by atoms with Crippen molar-refractivity contribution in [3.05, 3.63) is 60.0 Å². The average Bonchev–Trinajstić information content (AvgIpc) is 3.27. The van der Waals surface area contributed by atoms with Crippen LogP contribution >= 0.6 is 0 Å². The zero-order valence-corrected chi connectivity index (χ0v) is 17.6. The number of nitrogens with zero attached hydrogens (tertiary/aromatic N) is 3. The number of methoxy groups -OCH3 is 2. The van der Waals surface area contributed by atoms with Crippen molar-refractivity contribution in [2.24, 2.45) is 0 Å². The summed E-state index contributed by atoms with van der Waals surface area (Å²) in [6.07, 6.45) is 3.48. The summed E-state index contributed by atoms with van der Waals surface area (Å²) in [6.45, 7) is 2.63. The number of rotatable bonds is 9. The number of aromatic nitrogens is 3. The minimum atomic E-state index is -1.92. The van der Waals surface area contributed by atoms with E-state index in [-0.39, 0.29) is 16.5 Å². The van der Waals surface area contributed by atoms with Crippen molar-refractivity contribution in [2.75, 3.05) is 20.8 Å². The molecule has 0 fully saturated rings. The van der Waals surface area contributed by atoms with Crippen LogP contribution in [0.15, 0.2) is 53.7 Å². The summed E-state index contributed by atoms with van der Waals surface area (Å²) in [4.78, 5) is 17.2. The second kappa shape index (κ2) is 9.88. The van der Waals surface area contributed by atoms with Gasteiger partial charge in [0, 0.05) is 18.0 Å². The predicted octanol–water partition coefficient (Wildman–Crippen LogP) is 2.19. The largest absolute Gasteiger partial charge is 0.495 e. The SMILES string of the molecule is CCOc1cccc(OC)c1S(=O)NC(=O)c1ccc(Cn2cccn2)c(OC)n1. The number of nitrogens with one attached hydrogen (secondary N) is 1. The first-order chi connectivity index (χ1) is 14.6. The van der Waals surface area contributed by atoms with Gasteiger partial charge in [-0.2, -0.15) is 5.10 Å². The molecule has 2 heterocycles. The first-order valence-corrected chi connectivity index (χ1v) is 10.3. The summed E-state index contributed by atoms with van der Waals surface area (Å²) in [7, 11) is 1.00. The fourth-order valence-corrected chi connectivity index (χ4v) is 3.78. The maximum absolute atomic E-state index is 12.9. The Bertz CT molecular complexity index is 1040. The molecule has 0 radical (unpaired) electrons. The molecular formula is C20H22N4O5S. The molecule has 0 aliphatic rings. The van der Waals surface area contributed by atoms with Crippen LogP contribution in [0.2, 0.25) is 0 Å². The second-order valence-electron chi connectivity index (χ2n) is 5.99. The van der Waals surface area contributed by atoms with Gasteiger partial charge in [-0.05, 0) is 37.3 Å². The molecule has 0 aliphatic carbocycles. The minimum absolute atomic E-state index is 0.0669. The summed E-state index contributed by atoms with van der Waals surface area (Å²) in [6, 6.07) is 10.1. The average molecular weight is 430 g/mol. The van der Waals surface area contributed by atoms with E-state index in [1.54, 1.807) is 41.2 Å². The lowest BCUT2D eigenvalue weighted by molar-refractivity contribution is 0.0977. The predicted molar refractivity (Wildman–Crippen MR) is 110 cm³/mol. The van der Waals surface area contributed by atoms with E-state index in [9.17, 15) is 9.00 Å². The lowest BCUT2D eigenvalue weighted by atomic mass is 10.2. The van der Waals surface area contributed by atoms with Gasteiger partial charge in [-0.3, -0.25) is 14.2 Å². The van der Waals surface area contributed by atoms with Crippen LogP contribution in [0.3, 0.4) is 0 Å². The molecule has 1 unspecified atom stereocenters. The van der Waals surface area contributed by atoms with E-state index in [1.165, 1.54) is 14.2 Å². The van der Waals surface area contributed by atoms with Crippen molar-refractivity contribution >= 4 is 16.9 Å². The third-order valence-electron chi connectivity index (χ3n) is 4.09. The van der Waals surface area contributed by atoms with Crippen LogP contribution < -0.4 is 18.9 Å². The minimum Gasteiger partial charge on any atom is -0.495 e. The topological polar surface area (TPSA) is 105 Å². The molecule has 0 saturated carbocycles. The monoisotopic (exact) mass is 430 g/mol. The number of hydrogen-bond acceptors (Lipinski definition) is 7. The third kappa shape index (κ3) is 4.77. The maximum Gasteiger partial charge on any atom is 0.281 e. The van der Waals surface area contributed by atoms with Crippen LogP contribution in [0.1, 0.15) is 23.0 Å². The molecule has 9 nitrogen and oxygen atoms in total. The Morgan fingerprint density at radius 1 is 1.13 bits per heavy atom. The Kier molecular flexibility index (Phi) is 7.02. The summed E-state index contributed by atoms with van der Waals surface area (Å²) in [5, 5.41) is 4.15. The van der Waals surface area contributed by atoms with E-state index in [1.807, 2.05) is 19.2 Å². The smallest absolute Gasteiger partial charge is 0.281 e. The molecule has 158 valence electrons. The number of carbonyl (C=O) groups is 1. The van der Waals surface area contributed by atoms with Crippen LogP contribution in [-0.4, -0.2) is 45.7 Å². The molecule has 3 rings (SSSR count). The fourth-order valence-electron chi connectivity index (χ4n) is 2.76. The normalized spacial score (nSPS) is 11.6. The van der Waals surface area contributed by atoms with Gasteiger partial charge in [0.05, 0.1) is 27.4 Å². The third-order valence-corrected chi connectivity index (χ3v) is 5.23. The first kappa shape index (κ1) is 21.3. The number of ether oxygens (including phenoxy) is 3. The number of benzene rings is 1. The van der Waals surface area contributed by atoms with E-state index in [0.29, 0.717) is 24.7 Å². The zero-order chi connectivity index (χ0) is 21.5. The van der Waals surface area contributed by atoms with Gasteiger partial charge in [0.2, 0.25) is 5.88 Å². The van der Waals surface area contributed by atoms with Crippen LogP contribution in [0.4, 0.5) is 0 Å². The van der Waals surface area contributed by atoms with Crippen molar-refractivity contribution in [3.8, 4) is 17.4 Å². The molecule has 0 spiro atoms. The molecule has 3 aromatic rings. The highest BCUT2D eigenvalue weighted by Gasteiger charge is 2.21. The van der Waals surface area contributed by atoms with Crippen molar-refractivity contribution in [1.29, 1.82) is 0 Å². The van der Waals surface area contributed by atoms with Gasteiger partial charge in [0.25, 0.3) is 5.91 Å². The van der Waals surface area contributed by atoms with Crippen molar-refractivity contribution in [2.45, 2.75) is 18.4 Å². The highest BCUT2D eigenvalue weighted by atomic mass is 32.2. The second-order valence-corrected chi connectivity index (χ2v) is 7.14. The Labute approximate surface area is 176 Å². The Morgan fingerprint density at radius 3 is 2.60 bits per heavy atom. The zero-order valence-electron chi connectivity index (χ0n) is 16.8. The molecule has 2 aromatic heterocycles. The van der Waals surface area contributed by atoms with E-state index in [4.69, 9.17) is 14.2 Å². The molecule has 1 amide bonds. The summed E-state index contributed by atoms with van der Waals surface area (Å²) in [5.74, 6) is 0.386. The number of hydrogen-bond donors (Lipinski definition) is 1. The van der Waals surface area contributed by atoms with Crippen molar-refractivity contribution in [3.63, 3.8) is 0 Å². The van der Waals surface area contributed by atoms with Crippen molar-refractivity contribution < 1.29 is 23.2 Å². The van der Waals surface area contributed by atoms with Gasteiger partial charge in [-0.1, -0.05) is 6.07 Å². The number of pyridine rings is 1. The van der Waals surface area contributed by atoms with Crippen LogP contribution in [0.5, 0.6) is 17.4 Å². The van der Waals surface area contributed by atoms with E-state index < -0.39 is 16.9 Å². The molecule has 1 aromatic carbocycles. The summed E-state index contributed by atoms with van der Waals surface area (Å²) in [5.41, 5.74) is 0.819. The standard InChI is InChI=1S/C20H22N4O5S/c1-4-29-17-8-5-7-16(27-2)18(17)30(26)23-19(25)15-10-9-14(20(22-15)28-3)13-24-12-6-11-21-24/h5-12H,4,13H2,1-3H3,(H,23,25). The molecule has 1 atom stereocenters. The molecule has 0 saturated heterocycles. The van der Waals surface area contributed by atoms with Gasteiger partial charge >= 0.3 is 0 Å². The molecule has 1 N–H and O–H groups in total. The number of amides is 1. The van der Waals surface area contributed by atoms with E-state index >= 15 is 0 Å². The molecule has 0 aliphatic heterocycles. The van der Waals surface area contributed by atoms with Crippen LogP contribution in [0.25, 0.3) is 0 Å². The number of carbonyl (C=O) groups excluding carboxylic acids is 1. The van der Waals surface area contributed by atoms with Gasteiger partial charge in [0.1, 0.15) is 22.1 Å². The van der Waals surface area contributed by atoms with E-state index in [2.05, 4.69) is 14.8 Å². The van der Waals surface area contributed by atoms with Crippen molar-refractivity contribution in [1.82, 2.24) is 19.5 Å². The lowest BCUT2D eigenvalue weighted by Gasteiger charge is -2.14. The summed E-state index contributed by atoms with van der Waals surface area (Å²) >= 11 is 0. The quantitative estimate of drug-likeness (QED) is 0.555. The van der Waals surface area contributed by atoms with Gasteiger partial charge in [-0.25, -0.2) is 9.19 Å². The van der Waals surface area contributed by atoms with Crippen LogP contribution in [-0.2, 0) is 17.5 Å². The van der Waals surface area contributed by atoms with Crippen LogP contribution in [0, 0.1) is 0 Å².